The molecule has 1 aromatic heterocycles. The van der Waals surface area contributed by atoms with Gasteiger partial charge in [0.05, 0.1) is 12.8 Å². The van der Waals surface area contributed by atoms with Crippen LogP contribution < -0.4 is 10.6 Å². The molecule has 0 saturated carbocycles. The van der Waals surface area contributed by atoms with E-state index in [0.717, 1.165) is 4.47 Å². The van der Waals surface area contributed by atoms with Gasteiger partial charge in [-0.3, -0.25) is 9.59 Å². The van der Waals surface area contributed by atoms with Crippen LogP contribution in [-0.2, 0) is 0 Å². The van der Waals surface area contributed by atoms with Gasteiger partial charge in [-0.1, -0.05) is 28.1 Å². The van der Waals surface area contributed by atoms with Crippen LogP contribution in [0.15, 0.2) is 75.8 Å². The van der Waals surface area contributed by atoms with E-state index in [1.165, 1.54) is 6.26 Å². The van der Waals surface area contributed by atoms with Crippen molar-refractivity contribution in [1.29, 1.82) is 0 Å². The predicted octanol–water partition coefficient (Wildman–Crippen LogP) is 3.76. The lowest BCUT2D eigenvalue weighted by molar-refractivity contribution is 0.0900. The number of aliphatic hydroxyl groups is 1. The number of amides is 2. The van der Waals surface area contributed by atoms with Gasteiger partial charge in [0.2, 0.25) is 0 Å². The Morgan fingerprint density at radius 1 is 1.00 bits per heavy atom. The topological polar surface area (TPSA) is 91.6 Å². The van der Waals surface area contributed by atoms with Crippen LogP contribution in [0.5, 0.6) is 0 Å². The molecular weight excluding hydrogens is 412 g/mol. The van der Waals surface area contributed by atoms with Crippen molar-refractivity contribution in [3.8, 4) is 0 Å². The Balaban J connectivity index is 1.62. The Morgan fingerprint density at radius 2 is 1.74 bits per heavy atom. The molecule has 0 radical (unpaired) electrons. The van der Waals surface area contributed by atoms with E-state index >= 15 is 0 Å². The Labute approximate surface area is 164 Å². The van der Waals surface area contributed by atoms with Crippen molar-refractivity contribution < 1.29 is 19.1 Å². The fourth-order valence-corrected chi connectivity index (χ4v) is 2.84. The number of benzene rings is 2. The lowest BCUT2D eigenvalue weighted by Gasteiger charge is -2.11. The second kappa shape index (κ2) is 8.66. The Hall–Kier alpha value is -2.90. The molecular formula is C20H17BrN2O4. The number of carbonyl (C=O) groups excluding carboxylic acids is 2. The summed E-state index contributed by atoms with van der Waals surface area (Å²) in [4.78, 5) is 24.6. The number of hydrogen-bond acceptors (Lipinski definition) is 4. The van der Waals surface area contributed by atoms with Crippen LogP contribution in [-0.4, -0.2) is 23.5 Å². The van der Waals surface area contributed by atoms with E-state index < -0.39 is 6.10 Å². The standard InChI is InChI=1S/C20H17BrN2O4/c21-15-6-1-4-13(10-15)20(26)23-16-7-2-5-14(11-16)19(25)22-12-17(24)18-8-3-9-27-18/h1-11,17,24H,12H2,(H,22,25)(H,23,26). The maximum atomic E-state index is 12.3. The molecule has 0 fully saturated rings. The Bertz CT molecular complexity index is 941. The molecule has 138 valence electrons. The highest BCUT2D eigenvalue weighted by molar-refractivity contribution is 9.10. The molecule has 27 heavy (non-hydrogen) atoms. The number of carbonyl (C=O) groups is 2. The van der Waals surface area contributed by atoms with Crippen LogP contribution >= 0.6 is 15.9 Å². The summed E-state index contributed by atoms with van der Waals surface area (Å²) in [6.07, 6.45) is 0.529. The first kappa shape index (κ1) is 18.9. The van der Waals surface area contributed by atoms with E-state index in [4.69, 9.17) is 4.42 Å². The first-order valence-corrected chi connectivity index (χ1v) is 8.99. The number of halogens is 1. The molecule has 1 heterocycles. The van der Waals surface area contributed by atoms with Gasteiger partial charge in [-0.05, 0) is 48.5 Å². The minimum Gasteiger partial charge on any atom is -0.467 e. The van der Waals surface area contributed by atoms with Gasteiger partial charge in [0.15, 0.2) is 0 Å². The van der Waals surface area contributed by atoms with Crippen LogP contribution in [0.2, 0.25) is 0 Å². The van der Waals surface area contributed by atoms with Gasteiger partial charge in [-0.2, -0.15) is 0 Å². The molecule has 0 bridgehead atoms. The lowest BCUT2D eigenvalue weighted by atomic mass is 10.1. The maximum Gasteiger partial charge on any atom is 0.255 e. The first-order valence-electron chi connectivity index (χ1n) is 8.19. The van der Waals surface area contributed by atoms with Crippen LogP contribution in [0.1, 0.15) is 32.6 Å². The highest BCUT2D eigenvalue weighted by Gasteiger charge is 2.14. The molecule has 3 aromatic rings. The van der Waals surface area contributed by atoms with Gasteiger partial charge in [0, 0.05) is 21.3 Å². The smallest absolute Gasteiger partial charge is 0.255 e. The third-order valence-electron chi connectivity index (χ3n) is 3.80. The molecule has 0 spiro atoms. The number of hydrogen-bond donors (Lipinski definition) is 3. The zero-order valence-corrected chi connectivity index (χ0v) is 15.8. The molecule has 3 rings (SSSR count). The van der Waals surface area contributed by atoms with Gasteiger partial charge >= 0.3 is 0 Å². The molecule has 1 unspecified atom stereocenters. The average Bonchev–Trinajstić information content (AvgIpc) is 3.21. The van der Waals surface area contributed by atoms with Crippen molar-refractivity contribution >= 4 is 33.4 Å². The summed E-state index contributed by atoms with van der Waals surface area (Å²) < 4.78 is 5.90. The zero-order valence-electron chi connectivity index (χ0n) is 14.2. The van der Waals surface area contributed by atoms with Gasteiger partial charge in [-0.25, -0.2) is 0 Å². The Kier molecular flexibility index (Phi) is 6.05. The van der Waals surface area contributed by atoms with Gasteiger partial charge in [0.1, 0.15) is 11.9 Å². The van der Waals surface area contributed by atoms with Gasteiger partial charge in [0.25, 0.3) is 11.8 Å². The monoisotopic (exact) mass is 428 g/mol. The molecule has 0 saturated heterocycles. The summed E-state index contributed by atoms with van der Waals surface area (Å²) in [5, 5.41) is 15.4. The van der Waals surface area contributed by atoms with Crippen LogP contribution in [0.4, 0.5) is 5.69 Å². The minimum atomic E-state index is -0.927. The molecule has 0 aliphatic rings. The van der Waals surface area contributed by atoms with E-state index in [2.05, 4.69) is 26.6 Å². The summed E-state index contributed by atoms with van der Waals surface area (Å²) >= 11 is 3.33. The molecule has 6 nitrogen and oxygen atoms in total. The van der Waals surface area contributed by atoms with E-state index in [1.807, 2.05) is 6.07 Å². The molecule has 2 amide bonds. The fraction of sp³-hybridized carbons (Fsp3) is 0.100. The molecule has 3 N–H and O–H groups in total. The third kappa shape index (κ3) is 5.06. The van der Waals surface area contributed by atoms with E-state index in [-0.39, 0.29) is 18.4 Å². The van der Waals surface area contributed by atoms with Crippen LogP contribution in [0, 0.1) is 0 Å². The number of nitrogens with one attached hydrogen (secondary N) is 2. The molecule has 7 heteroatoms. The van der Waals surface area contributed by atoms with Crippen molar-refractivity contribution in [3.63, 3.8) is 0 Å². The predicted molar refractivity (Wildman–Crippen MR) is 105 cm³/mol. The van der Waals surface area contributed by atoms with Crippen LogP contribution in [0.25, 0.3) is 0 Å². The number of anilines is 1. The Morgan fingerprint density at radius 3 is 2.44 bits per heavy atom. The van der Waals surface area contributed by atoms with Gasteiger partial charge in [-0.15, -0.1) is 0 Å². The normalized spacial score (nSPS) is 11.6. The quantitative estimate of drug-likeness (QED) is 0.557. The largest absolute Gasteiger partial charge is 0.467 e. The van der Waals surface area contributed by atoms with E-state index in [1.54, 1.807) is 54.6 Å². The van der Waals surface area contributed by atoms with Gasteiger partial charge < -0.3 is 20.2 Å². The number of furan rings is 1. The van der Waals surface area contributed by atoms with Crippen molar-refractivity contribution in [3.05, 3.63) is 88.3 Å². The highest BCUT2D eigenvalue weighted by atomic mass is 79.9. The average molecular weight is 429 g/mol. The van der Waals surface area contributed by atoms with Crippen LogP contribution in [0.3, 0.4) is 0 Å². The zero-order chi connectivity index (χ0) is 19.2. The molecule has 0 aliphatic heterocycles. The SMILES string of the molecule is O=C(NCC(O)c1ccco1)c1cccc(NC(=O)c2cccc(Br)c2)c1. The molecule has 2 aromatic carbocycles. The number of rotatable bonds is 6. The first-order chi connectivity index (χ1) is 13.0. The fourth-order valence-electron chi connectivity index (χ4n) is 2.44. The van der Waals surface area contributed by atoms with E-state index in [0.29, 0.717) is 22.6 Å². The molecule has 1 atom stereocenters. The summed E-state index contributed by atoms with van der Waals surface area (Å²) in [5.41, 5.74) is 1.37. The second-order valence-corrected chi connectivity index (χ2v) is 6.70. The summed E-state index contributed by atoms with van der Waals surface area (Å²) in [7, 11) is 0. The number of aliphatic hydroxyl groups excluding tert-OH is 1. The highest BCUT2D eigenvalue weighted by Crippen LogP contribution is 2.16. The minimum absolute atomic E-state index is 0.0149. The molecule has 0 aliphatic carbocycles. The van der Waals surface area contributed by atoms with Crippen molar-refractivity contribution in [2.75, 3.05) is 11.9 Å². The summed E-state index contributed by atoms with van der Waals surface area (Å²) in [6.45, 7) is 0.0149. The van der Waals surface area contributed by atoms with Crippen molar-refractivity contribution in [2.45, 2.75) is 6.10 Å². The second-order valence-electron chi connectivity index (χ2n) is 5.79. The van der Waals surface area contributed by atoms with Crippen molar-refractivity contribution in [2.24, 2.45) is 0 Å². The summed E-state index contributed by atoms with van der Waals surface area (Å²) in [6, 6.07) is 16.9. The summed E-state index contributed by atoms with van der Waals surface area (Å²) in [5.74, 6) is -0.258. The lowest BCUT2D eigenvalue weighted by Crippen LogP contribution is -2.28. The van der Waals surface area contributed by atoms with E-state index in [9.17, 15) is 14.7 Å². The maximum absolute atomic E-state index is 12.3. The third-order valence-corrected chi connectivity index (χ3v) is 4.29. The van der Waals surface area contributed by atoms with Crippen molar-refractivity contribution in [1.82, 2.24) is 5.32 Å².